The molecular weight excluding hydrogens is 410 g/mol. The SMILES string of the molecule is CC(C)(C)OC(=O)NCC1CC=C(c2cccc3c2C(=O)N(C2CCC(=O)NC2=O)C3)C1. The van der Waals surface area contributed by atoms with Crippen LogP contribution in [0.3, 0.4) is 0 Å². The largest absolute Gasteiger partial charge is 0.444 e. The fraction of sp³-hybridized carbons (Fsp3) is 0.500. The van der Waals surface area contributed by atoms with Gasteiger partial charge in [-0.05, 0) is 62.7 Å². The third-order valence-corrected chi connectivity index (χ3v) is 6.04. The van der Waals surface area contributed by atoms with Crippen LogP contribution in [0.4, 0.5) is 4.79 Å². The number of imide groups is 1. The third-order valence-electron chi connectivity index (χ3n) is 6.04. The molecule has 1 aliphatic carbocycles. The van der Waals surface area contributed by atoms with Crippen molar-refractivity contribution in [1.82, 2.24) is 15.5 Å². The van der Waals surface area contributed by atoms with Gasteiger partial charge < -0.3 is 15.0 Å². The van der Waals surface area contributed by atoms with Crippen LogP contribution in [0.1, 0.15) is 67.9 Å². The molecule has 2 heterocycles. The van der Waals surface area contributed by atoms with Gasteiger partial charge in [0.1, 0.15) is 11.6 Å². The number of nitrogens with one attached hydrogen (secondary N) is 2. The number of hydrogen-bond donors (Lipinski definition) is 2. The van der Waals surface area contributed by atoms with E-state index in [4.69, 9.17) is 4.74 Å². The van der Waals surface area contributed by atoms with E-state index in [9.17, 15) is 19.2 Å². The summed E-state index contributed by atoms with van der Waals surface area (Å²) in [6, 6.07) is 5.17. The lowest BCUT2D eigenvalue weighted by Gasteiger charge is -2.29. The van der Waals surface area contributed by atoms with Crippen LogP contribution < -0.4 is 10.6 Å². The molecule has 2 aliphatic heterocycles. The highest BCUT2D eigenvalue weighted by atomic mass is 16.6. The summed E-state index contributed by atoms with van der Waals surface area (Å²) in [7, 11) is 0. The highest BCUT2D eigenvalue weighted by Gasteiger charge is 2.40. The van der Waals surface area contributed by atoms with Gasteiger partial charge >= 0.3 is 6.09 Å². The molecule has 0 bridgehead atoms. The molecule has 4 amide bonds. The summed E-state index contributed by atoms with van der Waals surface area (Å²) in [6.07, 6.45) is 3.83. The Labute approximate surface area is 187 Å². The molecule has 0 radical (unpaired) electrons. The molecule has 1 aromatic rings. The molecule has 8 nitrogen and oxygen atoms in total. The number of benzene rings is 1. The lowest BCUT2D eigenvalue weighted by molar-refractivity contribution is -0.136. The number of rotatable bonds is 4. The average molecular weight is 440 g/mol. The number of ether oxygens (including phenoxy) is 1. The Morgan fingerprint density at radius 2 is 2.03 bits per heavy atom. The second-order valence-electron chi connectivity index (χ2n) is 9.66. The summed E-state index contributed by atoms with van der Waals surface area (Å²) < 4.78 is 5.30. The van der Waals surface area contributed by atoms with Crippen LogP contribution in [-0.4, -0.2) is 46.9 Å². The second-order valence-corrected chi connectivity index (χ2v) is 9.66. The van der Waals surface area contributed by atoms with Crippen LogP contribution >= 0.6 is 0 Å². The first-order valence-corrected chi connectivity index (χ1v) is 11.0. The fourth-order valence-electron chi connectivity index (χ4n) is 4.59. The molecule has 170 valence electrons. The van der Waals surface area contributed by atoms with Gasteiger partial charge in [-0.25, -0.2) is 4.79 Å². The second kappa shape index (κ2) is 8.41. The van der Waals surface area contributed by atoms with Crippen molar-refractivity contribution in [3.8, 4) is 0 Å². The van der Waals surface area contributed by atoms with E-state index in [1.54, 1.807) is 4.90 Å². The van der Waals surface area contributed by atoms with E-state index in [0.29, 0.717) is 25.1 Å². The summed E-state index contributed by atoms with van der Waals surface area (Å²) in [6.45, 7) is 6.35. The lowest BCUT2D eigenvalue weighted by Crippen LogP contribution is -2.52. The van der Waals surface area contributed by atoms with Crippen molar-refractivity contribution in [2.24, 2.45) is 5.92 Å². The standard InChI is InChI=1S/C24H29N3O5/c1-24(2,3)32-23(31)25-12-14-7-8-15(11-14)17-6-4-5-16-13-27(22(30)20(16)17)18-9-10-19(28)26-21(18)29/h4-6,8,14,18H,7,9-13H2,1-3H3,(H,25,31)(H,26,28,29). The number of carbonyl (C=O) groups is 4. The molecule has 0 saturated carbocycles. The molecule has 8 heteroatoms. The molecule has 4 rings (SSSR count). The third kappa shape index (κ3) is 4.54. The van der Waals surface area contributed by atoms with Gasteiger partial charge in [0.15, 0.2) is 0 Å². The van der Waals surface area contributed by atoms with Crippen molar-refractivity contribution in [2.45, 2.75) is 64.6 Å². The van der Waals surface area contributed by atoms with Crippen molar-refractivity contribution in [3.63, 3.8) is 0 Å². The van der Waals surface area contributed by atoms with Gasteiger partial charge in [-0.1, -0.05) is 24.3 Å². The fourth-order valence-corrected chi connectivity index (χ4v) is 4.59. The minimum Gasteiger partial charge on any atom is -0.444 e. The number of amides is 4. The molecule has 32 heavy (non-hydrogen) atoms. The van der Waals surface area contributed by atoms with Gasteiger partial charge in [0, 0.05) is 19.5 Å². The zero-order valence-corrected chi connectivity index (χ0v) is 18.7. The number of nitrogens with zero attached hydrogens (tertiary/aromatic N) is 1. The number of fused-ring (bicyclic) bond motifs is 1. The van der Waals surface area contributed by atoms with E-state index in [0.717, 1.165) is 29.5 Å². The molecule has 2 unspecified atom stereocenters. The molecule has 1 fully saturated rings. The zero-order chi connectivity index (χ0) is 23.0. The Balaban J connectivity index is 1.43. The highest BCUT2D eigenvalue weighted by Crippen LogP contribution is 2.38. The first kappa shape index (κ1) is 22.0. The maximum Gasteiger partial charge on any atom is 0.407 e. The van der Waals surface area contributed by atoms with E-state index >= 15 is 0 Å². The van der Waals surface area contributed by atoms with Gasteiger partial charge in [-0.2, -0.15) is 0 Å². The normalized spacial score (nSPS) is 23.0. The number of allylic oxidation sites excluding steroid dienone is 2. The van der Waals surface area contributed by atoms with Crippen molar-refractivity contribution < 1.29 is 23.9 Å². The minimum atomic E-state index is -0.621. The summed E-state index contributed by atoms with van der Waals surface area (Å²) in [5.41, 5.74) is 2.97. The van der Waals surface area contributed by atoms with Gasteiger partial charge in [0.2, 0.25) is 11.8 Å². The van der Waals surface area contributed by atoms with Gasteiger partial charge in [-0.3, -0.25) is 19.7 Å². The van der Waals surface area contributed by atoms with Gasteiger partial charge in [0.25, 0.3) is 5.91 Å². The average Bonchev–Trinajstić information content (AvgIpc) is 3.30. The lowest BCUT2D eigenvalue weighted by atomic mass is 9.94. The number of carbonyl (C=O) groups excluding carboxylic acids is 4. The molecule has 3 aliphatic rings. The molecule has 2 atom stereocenters. The monoisotopic (exact) mass is 439 g/mol. The maximum atomic E-state index is 13.3. The van der Waals surface area contributed by atoms with Gasteiger partial charge in [-0.15, -0.1) is 0 Å². The van der Waals surface area contributed by atoms with E-state index in [1.807, 2.05) is 39.0 Å². The highest BCUT2D eigenvalue weighted by molar-refractivity contribution is 6.07. The first-order valence-electron chi connectivity index (χ1n) is 11.0. The zero-order valence-electron chi connectivity index (χ0n) is 18.7. The maximum absolute atomic E-state index is 13.3. The summed E-state index contributed by atoms with van der Waals surface area (Å²) in [4.78, 5) is 50.6. The Morgan fingerprint density at radius 1 is 1.25 bits per heavy atom. The van der Waals surface area contributed by atoms with Crippen LogP contribution in [0.15, 0.2) is 24.3 Å². The van der Waals surface area contributed by atoms with Crippen LogP contribution in [0.25, 0.3) is 5.57 Å². The molecule has 2 N–H and O–H groups in total. The predicted octanol–water partition coefficient (Wildman–Crippen LogP) is 2.77. The van der Waals surface area contributed by atoms with Crippen LogP contribution in [0, 0.1) is 5.92 Å². The summed E-state index contributed by atoms with van der Waals surface area (Å²) in [5, 5.41) is 5.17. The van der Waals surface area contributed by atoms with Crippen LogP contribution in [0.2, 0.25) is 0 Å². The van der Waals surface area contributed by atoms with Crippen molar-refractivity contribution >= 4 is 29.4 Å². The van der Waals surface area contributed by atoms with E-state index in [1.165, 1.54) is 0 Å². The minimum absolute atomic E-state index is 0.165. The number of piperidine rings is 1. The summed E-state index contributed by atoms with van der Waals surface area (Å²) >= 11 is 0. The van der Waals surface area contributed by atoms with Crippen molar-refractivity contribution in [1.29, 1.82) is 0 Å². The smallest absolute Gasteiger partial charge is 0.407 e. The number of hydrogen-bond acceptors (Lipinski definition) is 5. The van der Waals surface area contributed by atoms with E-state index in [2.05, 4.69) is 16.7 Å². The number of alkyl carbamates (subject to hydrolysis) is 1. The summed E-state index contributed by atoms with van der Waals surface area (Å²) in [5.74, 6) is -0.631. The van der Waals surface area contributed by atoms with Crippen molar-refractivity contribution in [2.75, 3.05) is 6.54 Å². The Bertz CT molecular complexity index is 1010. The Morgan fingerprint density at radius 3 is 2.75 bits per heavy atom. The Kier molecular flexibility index (Phi) is 5.79. The van der Waals surface area contributed by atoms with Crippen LogP contribution in [0.5, 0.6) is 0 Å². The molecule has 0 aromatic heterocycles. The molecule has 1 saturated heterocycles. The van der Waals surface area contributed by atoms with Crippen molar-refractivity contribution in [3.05, 3.63) is 41.0 Å². The quantitative estimate of drug-likeness (QED) is 0.702. The van der Waals surface area contributed by atoms with E-state index in [-0.39, 0.29) is 24.2 Å². The molecule has 1 aromatic carbocycles. The first-order chi connectivity index (χ1) is 15.1. The predicted molar refractivity (Wildman–Crippen MR) is 117 cm³/mol. The topological polar surface area (TPSA) is 105 Å². The molecule has 0 spiro atoms. The Hall–Kier alpha value is -3.16. The van der Waals surface area contributed by atoms with E-state index < -0.39 is 23.6 Å². The van der Waals surface area contributed by atoms with Gasteiger partial charge in [0.05, 0.1) is 5.56 Å². The molecular formula is C24H29N3O5. The van der Waals surface area contributed by atoms with Crippen LogP contribution in [-0.2, 0) is 20.9 Å².